The molecule has 0 radical (unpaired) electrons. The van der Waals surface area contributed by atoms with Crippen molar-refractivity contribution in [2.24, 2.45) is 0 Å². The zero-order chi connectivity index (χ0) is 17.9. The van der Waals surface area contributed by atoms with Gasteiger partial charge in [0, 0.05) is 17.8 Å². The van der Waals surface area contributed by atoms with Crippen LogP contribution >= 0.6 is 0 Å². The molecule has 0 unspecified atom stereocenters. The van der Waals surface area contributed by atoms with E-state index in [2.05, 4.69) is 10.1 Å². The highest BCUT2D eigenvalue weighted by Gasteiger charge is 2.30. The highest BCUT2D eigenvalue weighted by Crippen LogP contribution is 2.28. The Bertz CT molecular complexity index is 775. The third-order valence-electron chi connectivity index (χ3n) is 2.81. The highest BCUT2D eigenvalue weighted by atomic mass is 19.4. The fourth-order valence-electron chi connectivity index (χ4n) is 1.83. The lowest BCUT2D eigenvalue weighted by molar-refractivity contribution is -0.384. The van der Waals surface area contributed by atoms with Crippen LogP contribution in [0.25, 0.3) is 0 Å². The Morgan fingerprint density at radius 3 is 2.29 bits per heavy atom. The summed E-state index contributed by atoms with van der Waals surface area (Å²) in [5.74, 6) is -1.83. The fraction of sp³-hybridized carbons (Fsp3) is 0.0714. The Balaban J connectivity index is 2.24. The Labute approximate surface area is 132 Å². The van der Waals surface area contributed by atoms with Crippen LogP contribution in [0.2, 0.25) is 0 Å². The number of rotatable bonds is 5. The summed E-state index contributed by atoms with van der Waals surface area (Å²) in [7, 11) is 0. The molecule has 0 amide bonds. The molecule has 2 aromatic rings. The van der Waals surface area contributed by atoms with Crippen molar-refractivity contribution in [2.75, 3.05) is 5.32 Å². The third-order valence-corrected chi connectivity index (χ3v) is 2.81. The summed E-state index contributed by atoms with van der Waals surface area (Å²) < 4.78 is 39.9. The minimum Gasteiger partial charge on any atom is -0.478 e. The standard InChI is InChI=1S/C14H9F3N2O5/c15-14(16,17)24-10-4-1-8(2-5-10)18-12-6-3-9(19(22)23)7-11(12)13(20)21/h1-7,18H,(H,20,21). The van der Waals surface area contributed by atoms with Crippen molar-refractivity contribution in [1.82, 2.24) is 0 Å². The molecule has 24 heavy (non-hydrogen) atoms. The van der Waals surface area contributed by atoms with Crippen LogP contribution in [0.3, 0.4) is 0 Å². The van der Waals surface area contributed by atoms with Gasteiger partial charge in [-0.25, -0.2) is 4.79 Å². The lowest BCUT2D eigenvalue weighted by atomic mass is 10.1. The second-order valence-electron chi connectivity index (χ2n) is 4.49. The van der Waals surface area contributed by atoms with Crippen molar-refractivity contribution in [2.45, 2.75) is 6.36 Å². The van der Waals surface area contributed by atoms with Gasteiger partial charge >= 0.3 is 12.3 Å². The largest absolute Gasteiger partial charge is 0.573 e. The Kier molecular flexibility index (Phi) is 4.58. The molecule has 0 aliphatic rings. The van der Waals surface area contributed by atoms with E-state index in [4.69, 9.17) is 5.11 Å². The molecule has 0 aromatic heterocycles. The predicted octanol–water partition coefficient (Wildman–Crippen LogP) is 3.94. The zero-order valence-corrected chi connectivity index (χ0v) is 11.7. The minimum absolute atomic E-state index is 0.0533. The maximum atomic E-state index is 12.1. The van der Waals surface area contributed by atoms with Crippen molar-refractivity contribution in [3.05, 3.63) is 58.1 Å². The molecule has 0 aliphatic carbocycles. The van der Waals surface area contributed by atoms with Crippen molar-refractivity contribution < 1.29 is 32.7 Å². The first-order valence-electron chi connectivity index (χ1n) is 6.30. The lowest BCUT2D eigenvalue weighted by Crippen LogP contribution is -2.17. The van der Waals surface area contributed by atoms with Crippen LogP contribution in [0, 0.1) is 10.1 Å². The summed E-state index contributed by atoms with van der Waals surface area (Å²) in [5, 5.41) is 22.5. The molecule has 2 N–H and O–H groups in total. The van der Waals surface area contributed by atoms with E-state index in [1.54, 1.807) is 0 Å². The highest BCUT2D eigenvalue weighted by molar-refractivity contribution is 5.96. The number of carboxylic acids is 1. The second-order valence-corrected chi connectivity index (χ2v) is 4.49. The fourth-order valence-corrected chi connectivity index (χ4v) is 1.83. The first kappa shape index (κ1) is 17.1. The Hall–Kier alpha value is -3.30. The summed E-state index contributed by atoms with van der Waals surface area (Å²) in [6.07, 6.45) is -4.82. The average molecular weight is 342 g/mol. The van der Waals surface area contributed by atoms with Gasteiger partial charge in [-0.05, 0) is 30.3 Å². The maximum Gasteiger partial charge on any atom is 0.573 e. The summed E-state index contributed by atoms with van der Waals surface area (Å²) in [6, 6.07) is 7.76. The molecule has 7 nitrogen and oxygen atoms in total. The number of nitrogens with one attached hydrogen (secondary N) is 1. The summed E-state index contributed by atoms with van der Waals surface area (Å²) in [6.45, 7) is 0. The number of ether oxygens (including phenoxy) is 1. The summed E-state index contributed by atoms with van der Waals surface area (Å²) in [5.41, 5.74) is -0.412. The number of nitrogens with zero attached hydrogens (tertiary/aromatic N) is 1. The molecule has 0 bridgehead atoms. The summed E-state index contributed by atoms with van der Waals surface area (Å²) >= 11 is 0. The molecule has 2 rings (SSSR count). The molecule has 0 spiro atoms. The molecule has 0 aliphatic heterocycles. The average Bonchev–Trinajstić information content (AvgIpc) is 2.47. The van der Waals surface area contributed by atoms with Crippen LogP contribution in [0.15, 0.2) is 42.5 Å². The number of nitro groups is 1. The predicted molar refractivity (Wildman–Crippen MR) is 76.5 cm³/mol. The van der Waals surface area contributed by atoms with Gasteiger partial charge in [-0.2, -0.15) is 0 Å². The van der Waals surface area contributed by atoms with E-state index in [1.807, 2.05) is 0 Å². The van der Waals surface area contributed by atoms with Crippen LogP contribution in [0.5, 0.6) is 5.75 Å². The molecular weight excluding hydrogens is 333 g/mol. The number of anilines is 2. The van der Waals surface area contributed by atoms with Crippen LogP contribution in [0.4, 0.5) is 30.2 Å². The first-order valence-corrected chi connectivity index (χ1v) is 6.30. The van der Waals surface area contributed by atoms with Gasteiger partial charge in [-0.3, -0.25) is 10.1 Å². The first-order chi connectivity index (χ1) is 11.2. The number of hydrogen-bond acceptors (Lipinski definition) is 5. The number of hydrogen-bond donors (Lipinski definition) is 2. The number of nitro benzene ring substituents is 1. The molecular formula is C14H9F3N2O5. The van der Waals surface area contributed by atoms with Crippen molar-refractivity contribution in [3.8, 4) is 5.75 Å². The van der Waals surface area contributed by atoms with Crippen LogP contribution in [0.1, 0.15) is 10.4 Å². The van der Waals surface area contributed by atoms with Gasteiger partial charge in [0.2, 0.25) is 0 Å². The van der Waals surface area contributed by atoms with E-state index in [0.717, 1.165) is 24.3 Å². The number of alkyl halides is 3. The Morgan fingerprint density at radius 1 is 1.17 bits per heavy atom. The van der Waals surface area contributed by atoms with E-state index >= 15 is 0 Å². The SMILES string of the molecule is O=C(O)c1cc([N+](=O)[O-])ccc1Nc1ccc(OC(F)(F)F)cc1. The van der Waals surface area contributed by atoms with Crippen molar-refractivity contribution in [3.63, 3.8) is 0 Å². The van der Waals surface area contributed by atoms with Gasteiger partial charge < -0.3 is 15.2 Å². The van der Waals surface area contributed by atoms with Crippen molar-refractivity contribution in [1.29, 1.82) is 0 Å². The molecule has 10 heteroatoms. The molecule has 0 atom stereocenters. The van der Waals surface area contributed by atoms with Gasteiger partial charge in [0.05, 0.1) is 16.2 Å². The quantitative estimate of drug-likeness (QED) is 0.630. The lowest BCUT2D eigenvalue weighted by Gasteiger charge is -2.11. The Morgan fingerprint density at radius 2 is 1.79 bits per heavy atom. The summed E-state index contributed by atoms with van der Waals surface area (Å²) in [4.78, 5) is 21.1. The number of carbonyl (C=O) groups is 1. The van der Waals surface area contributed by atoms with Crippen LogP contribution in [-0.2, 0) is 0 Å². The molecule has 126 valence electrons. The van der Waals surface area contributed by atoms with Gasteiger partial charge in [-0.1, -0.05) is 0 Å². The van der Waals surface area contributed by atoms with E-state index < -0.39 is 28.7 Å². The number of halogens is 3. The third kappa shape index (κ3) is 4.35. The van der Waals surface area contributed by atoms with Crippen molar-refractivity contribution >= 4 is 23.0 Å². The van der Waals surface area contributed by atoms with E-state index in [9.17, 15) is 28.1 Å². The monoisotopic (exact) mass is 342 g/mol. The van der Waals surface area contributed by atoms with Gasteiger partial charge in [0.25, 0.3) is 5.69 Å². The topological polar surface area (TPSA) is 102 Å². The van der Waals surface area contributed by atoms with E-state index in [-0.39, 0.29) is 16.9 Å². The van der Waals surface area contributed by atoms with Crippen LogP contribution in [-0.4, -0.2) is 22.4 Å². The number of carboxylic acid groups (broad SMARTS) is 1. The zero-order valence-electron chi connectivity index (χ0n) is 11.7. The number of aromatic carboxylic acids is 1. The van der Waals surface area contributed by atoms with E-state index in [1.165, 1.54) is 18.2 Å². The number of non-ortho nitro benzene ring substituents is 1. The van der Waals surface area contributed by atoms with Gasteiger partial charge in [0.15, 0.2) is 0 Å². The molecule has 0 fully saturated rings. The molecule has 0 saturated heterocycles. The number of benzene rings is 2. The van der Waals surface area contributed by atoms with Gasteiger partial charge in [-0.15, -0.1) is 13.2 Å². The van der Waals surface area contributed by atoms with E-state index in [0.29, 0.717) is 0 Å². The minimum atomic E-state index is -4.82. The normalized spacial score (nSPS) is 11.0. The smallest absolute Gasteiger partial charge is 0.478 e. The molecule has 2 aromatic carbocycles. The molecule has 0 heterocycles. The molecule has 0 saturated carbocycles. The second kappa shape index (κ2) is 6.44. The maximum absolute atomic E-state index is 12.1. The van der Waals surface area contributed by atoms with Crippen LogP contribution < -0.4 is 10.1 Å². The van der Waals surface area contributed by atoms with Gasteiger partial charge in [0.1, 0.15) is 5.75 Å².